The lowest BCUT2D eigenvalue weighted by Gasteiger charge is -2.12. The Bertz CT molecular complexity index is 346. The van der Waals surface area contributed by atoms with E-state index in [1.54, 1.807) is 6.07 Å². The molecule has 0 aliphatic carbocycles. The van der Waals surface area contributed by atoms with Gasteiger partial charge in [-0.2, -0.15) is 28.8 Å². The van der Waals surface area contributed by atoms with Crippen molar-refractivity contribution in [2.45, 2.75) is 25.4 Å². The fraction of sp³-hybridized carbons (Fsp3) is 0.444. The zero-order valence-electron chi connectivity index (χ0n) is 8.48. The second-order valence-electron chi connectivity index (χ2n) is 3.93. The largest absolute Gasteiger partial charge is 0.477 e. The van der Waals surface area contributed by atoms with E-state index in [1.165, 1.54) is 16.8 Å². The number of hydrogen-bond donors (Lipinski definition) is 0. The van der Waals surface area contributed by atoms with Gasteiger partial charge in [0.15, 0.2) is 6.20 Å². The molecule has 0 unspecified atom stereocenters. The lowest BCUT2D eigenvalue weighted by molar-refractivity contribution is -0.699. The molecule has 1 aromatic rings. The van der Waals surface area contributed by atoms with Gasteiger partial charge in [0, 0.05) is 12.1 Å². The summed E-state index contributed by atoms with van der Waals surface area (Å²) < 4.78 is 38.9. The average molecular weight is 255 g/mol. The zero-order chi connectivity index (χ0) is 11.7. The summed E-state index contributed by atoms with van der Waals surface area (Å²) >= 11 is 6.04. The van der Waals surface area contributed by atoms with Crippen LogP contribution in [0, 0.1) is 0 Å². The van der Waals surface area contributed by atoms with Gasteiger partial charge in [0.25, 0.3) is 5.69 Å². The van der Waals surface area contributed by atoms with E-state index in [9.17, 15) is 13.2 Å². The van der Waals surface area contributed by atoms with Crippen molar-refractivity contribution in [3.8, 4) is 0 Å². The number of alkyl halides is 3. The molecular formula is C9H12ClF3NSi+. The van der Waals surface area contributed by atoms with Crippen LogP contribution < -0.4 is 4.57 Å². The summed E-state index contributed by atoms with van der Waals surface area (Å²) in [5.74, 6) is 0. The molecule has 6 heteroatoms. The number of aromatic nitrogens is 1. The Labute approximate surface area is 92.2 Å². The first-order chi connectivity index (χ1) is 6.70. The van der Waals surface area contributed by atoms with E-state index >= 15 is 0 Å². The Morgan fingerprint density at radius 2 is 1.93 bits per heavy atom. The van der Waals surface area contributed by atoms with Crippen molar-refractivity contribution in [2.24, 2.45) is 0 Å². The second-order valence-corrected chi connectivity index (χ2v) is 10.8. The molecule has 1 rings (SSSR count). The van der Waals surface area contributed by atoms with Crippen molar-refractivity contribution in [2.75, 3.05) is 0 Å². The maximum absolute atomic E-state index is 12.6. The quantitative estimate of drug-likeness (QED) is 0.434. The van der Waals surface area contributed by atoms with Gasteiger partial charge in [0.2, 0.25) is 7.38 Å². The molecule has 84 valence electrons. The van der Waals surface area contributed by atoms with Crippen molar-refractivity contribution in [1.82, 2.24) is 0 Å². The Kier molecular flexibility index (Phi) is 3.45. The van der Waals surface area contributed by atoms with E-state index in [4.69, 9.17) is 11.1 Å². The highest BCUT2D eigenvalue weighted by atomic mass is 35.6. The van der Waals surface area contributed by atoms with Crippen LogP contribution in [0.1, 0.15) is 5.69 Å². The van der Waals surface area contributed by atoms with Crippen LogP contribution >= 0.6 is 11.1 Å². The van der Waals surface area contributed by atoms with Gasteiger partial charge in [-0.15, -0.1) is 0 Å². The van der Waals surface area contributed by atoms with Crippen LogP contribution in [0.5, 0.6) is 0 Å². The smallest absolute Gasteiger partial charge is 0.197 e. The fourth-order valence-corrected chi connectivity index (χ4v) is 2.75. The summed E-state index contributed by atoms with van der Waals surface area (Å²) in [5, 5.41) is 0. The normalized spacial score (nSPS) is 12.9. The Morgan fingerprint density at radius 1 is 1.33 bits per heavy atom. The van der Waals surface area contributed by atoms with Gasteiger partial charge in [-0.05, 0) is 6.07 Å². The minimum absolute atomic E-state index is 0.254. The van der Waals surface area contributed by atoms with Gasteiger partial charge in [0.05, 0.1) is 0 Å². The third kappa shape index (κ3) is 3.83. The topological polar surface area (TPSA) is 3.88 Å². The van der Waals surface area contributed by atoms with Crippen molar-refractivity contribution in [3.63, 3.8) is 0 Å². The predicted octanol–water partition coefficient (Wildman–Crippen LogP) is 2.98. The monoisotopic (exact) mass is 254 g/mol. The van der Waals surface area contributed by atoms with Crippen molar-refractivity contribution < 1.29 is 17.7 Å². The summed E-state index contributed by atoms with van der Waals surface area (Å²) in [7, 11) is -2.07. The highest BCUT2D eigenvalue weighted by Crippen LogP contribution is 2.26. The first kappa shape index (κ1) is 12.5. The van der Waals surface area contributed by atoms with Crippen LogP contribution in [-0.2, 0) is 12.3 Å². The van der Waals surface area contributed by atoms with E-state index in [-0.39, 0.29) is 6.17 Å². The molecule has 0 N–H and O–H groups in total. The molecule has 15 heavy (non-hydrogen) atoms. The fourth-order valence-electron chi connectivity index (χ4n) is 1.28. The lowest BCUT2D eigenvalue weighted by atomic mass is 10.3. The SMILES string of the molecule is C[Si](C)(Cl)C[n+]1ccccc1C(F)(F)F. The van der Waals surface area contributed by atoms with Crippen molar-refractivity contribution in [1.29, 1.82) is 0 Å². The van der Waals surface area contributed by atoms with Crippen LogP contribution in [0.2, 0.25) is 13.1 Å². The molecule has 1 heterocycles. The van der Waals surface area contributed by atoms with Gasteiger partial charge < -0.3 is 0 Å². The molecule has 0 spiro atoms. The first-order valence-corrected chi connectivity index (χ1v) is 8.67. The predicted molar refractivity (Wildman–Crippen MR) is 55.0 cm³/mol. The molecule has 0 aromatic carbocycles. The molecule has 0 amide bonds. The van der Waals surface area contributed by atoms with Gasteiger partial charge in [-0.1, -0.05) is 13.1 Å². The first-order valence-electron chi connectivity index (χ1n) is 4.45. The standard InChI is InChI=1S/C9H12ClF3NSi/c1-15(2,10)7-14-6-4-3-5-8(14)9(11,12)13/h3-6H,7H2,1-2H3/q+1. The van der Waals surface area contributed by atoms with Crippen LogP contribution in [-0.4, -0.2) is 7.38 Å². The summed E-state index contributed by atoms with van der Waals surface area (Å²) in [6, 6.07) is 4.02. The number of pyridine rings is 1. The molecule has 0 atom stereocenters. The van der Waals surface area contributed by atoms with Crippen LogP contribution in [0.3, 0.4) is 0 Å². The zero-order valence-corrected chi connectivity index (χ0v) is 10.2. The Morgan fingerprint density at radius 3 is 2.40 bits per heavy atom. The lowest BCUT2D eigenvalue weighted by Crippen LogP contribution is -2.49. The van der Waals surface area contributed by atoms with Crippen molar-refractivity contribution in [3.05, 3.63) is 30.1 Å². The number of halogens is 4. The molecule has 0 aliphatic heterocycles. The minimum atomic E-state index is -4.32. The van der Waals surface area contributed by atoms with E-state index in [0.717, 1.165) is 6.07 Å². The van der Waals surface area contributed by atoms with Crippen LogP contribution in [0.25, 0.3) is 0 Å². The third-order valence-electron chi connectivity index (χ3n) is 1.78. The van der Waals surface area contributed by atoms with Gasteiger partial charge in [0.1, 0.15) is 6.17 Å². The van der Waals surface area contributed by atoms with E-state index in [0.29, 0.717) is 0 Å². The number of rotatable bonds is 2. The summed E-state index contributed by atoms with van der Waals surface area (Å²) in [5.41, 5.74) is -0.647. The van der Waals surface area contributed by atoms with Crippen molar-refractivity contribution >= 4 is 18.5 Å². The molecule has 1 nitrogen and oxygen atoms in total. The Balaban J connectivity index is 3.08. The molecule has 1 aromatic heterocycles. The minimum Gasteiger partial charge on any atom is -0.197 e. The summed E-state index contributed by atoms with van der Waals surface area (Å²) in [4.78, 5) is 0. The maximum Gasteiger partial charge on any atom is 0.477 e. The van der Waals surface area contributed by atoms with Gasteiger partial charge in [-0.25, -0.2) is 0 Å². The van der Waals surface area contributed by atoms with E-state index in [1.807, 2.05) is 13.1 Å². The molecule has 0 fully saturated rings. The summed E-state index contributed by atoms with van der Waals surface area (Å²) in [6.07, 6.45) is -2.65. The molecular weight excluding hydrogens is 243 g/mol. The van der Waals surface area contributed by atoms with Gasteiger partial charge >= 0.3 is 6.18 Å². The van der Waals surface area contributed by atoms with Crippen LogP contribution in [0.15, 0.2) is 24.4 Å². The number of nitrogens with zero attached hydrogens (tertiary/aromatic N) is 1. The Hall–Kier alpha value is -0.553. The average Bonchev–Trinajstić information content (AvgIpc) is 1.99. The second kappa shape index (κ2) is 4.13. The summed E-state index contributed by atoms with van der Waals surface area (Å²) in [6.45, 7) is 3.63. The van der Waals surface area contributed by atoms with Crippen LogP contribution in [0.4, 0.5) is 13.2 Å². The third-order valence-corrected chi connectivity index (χ3v) is 3.23. The van der Waals surface area contributed by atoms with E-state index < -0.39 is 19.3 Å². The molecule has 0 bridgehead atoms. The molecule has 0 aliphatic rings. The van der Waals surface area contributed by atoms with E-state index in [2.05, 4.69) is 0 Å². The highest BCUT2D eigenvalue weighted by Gasteiger charge is 2.41. The molecule has 0 saturated carbocycles. The number of hydrogen-bond acceptors (Lipinski definition) is 0. The van der Waals surface area contributed by atoms with Gasteiger partial charge in [-0.3, -0.25) is 0 Å². The molecule has 0 saturated heterocycles. The maximum atomic E-state index is 12.6. The highest BCUT2D eigenvalue weighted by molar-refractivity contribution is 7.18. The molecule has 0 radical (unpaired) electrons.